The summed E-state index contributed by atoms with van der Waals surface area (Å²) in [5, 5.41) is 0. The van der Waals surface area contributed by atoms with Crippen molar-refractivity contribution in [2.24, 2.45) is 0 Å². The van der Waals surface area contributed by atoms with Gasteiger partial charge in [-0.05, 0) is 6.07 Å². The van der Waals surface area contributed by atoms with E-state index >= 15 is 0 Å². The summed E-state index contributed by atoms with van der Waals surface area (Å²) in [6.07, 6.45) is 4.31. The highest BCUT2D eigenvalue weighted by atomic mass is 28.3. The van der Waals surface area contributed by atoms with Gasteiger partial charge in [0.1, 0.15) is 13.8 Å². The average molecular weight is 247 g/mol. The third-order valence-electron chi connectivity index (χ3n) is 2.22. The third kappa shape index (κ3) is 3.88. The zero-order valence-corrected chi connectivity index (χ0v) is 11.5. The molecule has 4 heteroatoms. The Morgan fingerprint density at radius 2 is 2.18 bits per heavy atom. The van der Waals surface area contributed by atoms with Gasteiger partial charge >= 0.3 is 0 Å². The standard InChI is InChI=1S/C13H17NO2Si/c1-17(2,3)7-5-11-8-12(10-14-9-11)16-13-4-6-15-13/h8-10,13H,4,6H2,1-3H3. The van der Waals surface area contributed by atoms with Gasteiger partial charge in [0.15, 0.2) is 0 Å². The maximum absolute atomic E-state index is 5.58. The van der Waals surface area contributed by atoms with Crippen LogP contribution in [-0.2, 0) is 4.74 Å². The van der Waals surface area contributed by atoms with Crippen LogP contribution in [0.3, 0.4) is 0 Å². The van der Waals surface area contributed by atoms with E-state index in [4.69, 9.17) is 9.47 Å². The highest BCUT2D eigenvalue weighted by molar-refractivity contribution is 6.83. The summed E-state index contributed by atoms with van der Waals surface area (Å²) in [6, 6.07) is 1.92. The lowest BCUT2D eigenvalue weighted by molar-refractivity contribution is -0.165. The van der Waals surface area contributed by atoms with Gasteiger partial charge in [-0.25, -0.2) is 0 Å². The Hall–Kier alpha value is -1.31. The van der Waals surface area contributed by atoms with Crippen molar-refractivity contribution in [1.82, 2.24) is 4.98 Å². The minimum Gasteiger partial charge on any atom is -0.463 e. The van der Waals surface area contributed by atoms with E-state index in [0.29, 0.717) is 0 Å². The van der Waals surface area contributed by atoms with Crippen LogP contribution in [-0.4, -0.2) is 26.0 Å². The Morgan fingerprint density at radius 3 is 2.76 bits per heavy atom. The van der Waals surface area contributed by atoms with Gasteiger partial charge in [0.05, 0.1) is 12.8 Å². The number of hydrogen-bond donors (Lipinski definition) is 0. The van der Waals surface area contributed by atoms with Gasteiger partial charge < -0.3 is 9.47 Å². The second kappa shape index (κ2) is 4.90. The molecule has 1 saturated heterocycles. The lowest BCUT2D eigenvalue weighted by Crippen LogP contribution is -2.32. The van der Waals surface area contributed by atoms with Gasteiger partial charge in [-0.1, -0.05) is 25.6 Å². The molecule has 1 aliphatic heterocycles. The predicted molar refractivity (Wildman–Crippen MR) is 69.4 cm³/mol. The predicted octanol–water partition coefficient (Wildman–Crippen LogP) is 2.44. The van der Waals surface area contributed by atoms with Gasteiger partial charge in [0, 0.05) is 18.2 Å². The third-order valence-corrected chi connectivity index (χ3v) is 3.09. The molecule has 17 heavy (non-hydrogen) atoms. The SMILES string of the molecule is C[Si](C)(C)C#Cc1cncc(OC2CCO2)c1. The van der Waals surface area contributed by atoms with Crippen LogP contribution in [0.4, 0.5) is 0 Å². The summed E-state index contributed by atoms with van der Waals surface area (Å²) in [5.41, 5.74) is 4.22. The minimum absolute atomic E-state index is 0.1000. The molecule has 1 unspecified atom stereocenters. The summed E-state index contributed by atoms with van der Waals surface area (Å²) >= 11 is 0. The van der Waals surface area contributed by atoms with Crippen LogP contribution in [0.5, 0.6) is 5.75 Å². The molecule has 1 fully saturated rings. The van der Waals surface area contributed by atoms with Gasteiger partial charge in [-0.3, -0.25) is 4.98 Å². The Labute approximate surface area is 103 Å². The van der Waals surface area contributed by atoms with Crippen molar-refractivity contribution in [2.75, 3.05) is 6.61 Å². The van der Waals surface area contributed by atoms with Crippen LogP contribution in [0, 0.1) is 11.5 Å². The molecule has 1 aromatic heterocycles. The number of aromatic nitrogens is 1. The maximum Gasteiger partial charge on any atom is 0.202 e. The van der Waals surface area contributed by atoms with E-state index < -0.39 is 8.07 Å². The molecule has 0 aromatic carbocycles. The molecular weight excluding hydrogens is 230 g/mol. The normalized spacial score (nSPS) is 18.9. The quantitative estimate of drug-likeness (QED) is 0.594. The highest BCUT2D eigenvalue weighted by Gasteiger charge is 2.19. The lowest BCUT2D eigenvalue weighted by Gasteiger charge is -2.26. The Morgan fingerprint density at radius 1 is 1.41 bits per heavy atom. The van der Waals surface area contributed by atoms with Crippen molar-refractivity contribution in [3.8, 4) is 17.2 Å². The number of hydrogen-bond acceptors (Lipinski definition) is 3. The topological polar surface area (TPSA) is 31.4 Å². The van der Waals surface area contributed by atoms with Crippen LogP contribution >= 0.6 is 0 Å². The lowest BCUT2D eigenvalue weighted by atomic mass is 10.3. The van der Waals surface area contributed by atoms with E-state index in [0.717, 1.165) is 24.3 Å². The van der Waals surface area contributed by atoms with Crippen LogP contribution in [0.1, 0.15) is 12.0 Å². The van der Waals surface area contributed by atoms with Crippen LogP contribution in [0.15, 0.2) is 18.5 Å². The number of nitrogens with zero attached hydrogens (tertiary/aromatic N) is 1. The van der Waals surface area contributed by atoms with Gasteiger partial charge in [-0.15, -0.1) is 5.54 Å². The average Bonchev–Trinajstić information content (AvgIpc) is 2.20. The monoisotopic (exact) mass is 247 g/mol. The second-order valence-corrected chi connectivity index (χ2v) is 9.87. The minimum atomic E-state index is -1.34. The Kier molecular flexibility index (Phi) is 3.51. The molecule has 0 N–H and O–H groups in total. The first-order chi connectivity index (χ1) is 8.03. The first-order valence-corrected chi connectivity index (χ1v) is 9.29. The summed E-state index contributed by atoms with van der Waals surface area (Å²) in [7, 11) is -1.34. The van der Waals surface area contributed by atoms with E-state index in [1.807, 2.05) is 6.07 Å². The van der Waals surface area contributed by atoms with Crippen molar-refractivity contribution >= 4 is 8.07 Å². The van der Waals surface area contributed by atoms with Crippen molar-refractivity contribution < 1.29 is 9.47 Å². The highest BCUT2D eigenvalue weighted by Crippen LogP contribution is 2.18. The number of ether oxygens (including phenoxy) is 2. The van der Waals surface area contributed by atoms with E-state index in [-0.39, 0.29) is 6.29 Å². The molecule has 3 nitrogen and oxygen atoms in total. The van der Waals surface area contributed by atoms with Gasteiger partial charge in [0.25, 0.3) is 0 Å². The molecule has 90 valence electrons. The number of pyridine rings is 1. The number of rotatable bonds is 2. The molecule has 0 amide bonds. The van der Waals surface area contributed by atoms with E-state index in [1.165, 1.54) is 0 Å². The van der Waals surface area contributed by atoms with E-state index in [1.54, 1.807) is 12.4 Å². The van der Waals surface area contributed by atoms with Gasteiger partial charge in [-0.2, -0.15) is 0 Å². The molecule has 0 saturated carbocycles. The van der Waals surface area contributed by atoms with E-state index in [9.17, 15) is 0 Å². The van der Waals surface area contributed by atoms with Crippen LogP contribution in [0.25, 0.3) is 0 Å². The fourth-order valence-electron chi connectivity index (χ4n) is 1.27. The fraction of sp³-hybridized carbons (Fsp3) is 0.462. The van der Waals surface area contributed by atoms with Crippen LogP contribution in [0.2, 0.25) is 19.6 Å². The summed E-state index contributed by atoms with van der Waals surface area (Å²) in [6.45, 7) is 7.44. The fourth-order valence-corrected chi connectivity index (χ4v) is 1.79. The summed E-state index contributed by atoms with van der Waals surface area (Å²) in [4.78, 5) is 4.13. The Balaban J connectivity index is 2.07. The molecule has 2 heterocycles. The van der Waals surface area contributed by atoms with Gasteiger partial charge in [0.2, 0.25) is 6.29 Å². The Bertz CT molecular complexity index is 452. The largest absolute Gasteiger partial charge is 0.463 e. The van der Waals surface area contributed by atoms with Crippen molar-refractivity contribution in [3.63, 3.8) is 0 Å². The van der Waals surface area contributed by atoms with Crippen molar-refractivity contribution in [2.45, 2.75) is 32.4 Å². The molecule has 0 bridgehead atoms. The maximum atomic E-state index is 5.58. The summed E-state index contributed by atoms with van der Waals surface area (Å²) < 4.78 is 10.8. The first kappa shape index (κ1) is 12.2. The molecular formula is C13H17NO2Si. The molecule has 1 aromatic rings. The molecule has 0 aliphatic carbocycles. The zero-order valence-electron chi connectivity index (χ0n) is 10.5. The zero-order chi connectivity index (χ0) is 12.3. The first-order valence-electron chi connectivity index (χ1n) is 5.79. The molecule has 1 aliphatic rings. The molecule has 1 atom stereocenters. The second-order valence-electron chi connectivity index (χ2n) is 5.12. The van der Waals surface area contributed by atoms with E-state index in [2.05, 4.69) is 36.1 Å². The molecule has 0 spiro atoms. The molecule has 2 rings (SSSR count). The summed E-state index contributed by atoms with van der Waals surface area (Å²) in [5.74, 6) is 3.90. The van der Waals surface area contributed by atoms with Crippen LogP contribution < -0.4 is 4.74 Å². The van der Waals surface area contributed by atoms with Crippen molar-refractivity contribution in [1.29, 1.82) is 0 Å². The smallest absolute Gasteiger partial charge is 0.202 e. The molecule has 0 radical (unpaired) electrons. The van der Waals surface area contributed by atoms with Crippen molar-refractivity contribution in [3.05, 3.63) is 24.0 Å².